The van der Waals surface area contributed by atoms with Crippen LogP contribution in [0, 0.1) is 0 Å². The SMILES string of the molecule is Cl.O.c1ccc2[nH]ccc2c1. The monoisotopic (exact) mass is 171 g/mol. The number of fused-ring (bicyclic) bond motifs is 1. The Hall–Kier alpha value is -0.990. The van der Waals surface area contributed by atoms with Crippen molar-refractivity contribution in [3.63, 3.8) is 0 Å². The van der Waals surface area contributed by atoms with Crippen molar-refractivity contribution >= 4 is 23.3 Å². The van der Waals surface area contributed by atoms with Gasteiger partial charge in [-0.15, -0.1) is 12.4 Å². The van der Waals surface area contributed by atoms with Crippen LogP contribution in [0.1, 0.15) is 0 Å². The minimum atomic E-state index is 0. The van der Waals surface area contributed by atoms with Crippen molar-refractivity contribution in [1.29, 1.82) is 0 Å². The summed E-state index contributed by atoms with van der Waals surface area (Å²) in [5, 5.41) is 1.28. The van der Waals surface area contributed by atoms with E-state index in [0.29, 0.717) is 0 Å². The van der Waals surface area contributed by atoms with E-state index >= 15 is 0 Å². The highest BCUT2D eigenvalue weighted by molar-refractivity contribution is 5.85. The lowest BCUT2D eigenvalue weighted by Crippen LogP contribution is -1.61. The van der Waals surface area contributed by atoms with Gasteiger partial charge >= 0.3 is 0 Å². The van der Waals surface area contributed by atoms with Gasteiger partial charge in [0.1, 0.15) is 0 Å². The van der Waals surface area contributed by atoms with Gasteiger partial charge in [-0.1, -0.05) is 18.2 Å². The molecule has 60 valence electrons. The zero-order valence-corrected chi connectivity index (χ0v) is 6.69. The molecule has 0 atom stereocenters. The maximum absolute atomic E-state index is 3.12. The van der Waals surface area contributed by atoms with Crippen molar-refractivity contribution < 1.29 is 5.48 Å². The normalized spacial score (nSPS) is 8.36. The van der Waals surface area contributed by atoms with Crippen molar-refractivity contribution in [3.8, 4) is 0 Å². The zero-order chi connectivity index (χ0) is 6.10. The summed E-state index contributed by atoms with van der Waals surface area (Å²) in [7, 11) is 0. The molecule has 0 spiro atoms. The van der Waals surface area contributed by atoms with Gasteiger partial charge in [0.05, 0.1) is 0 Å². The standard InChI is InChI=1S/C8H7N.ClH.H2O/c1-2-4-8-7(3-1)5-6-9-8;;/h1-6,9H;1H;1H2. The summed E-state index contributed by atoms with van der Waals surface area (Å²) in [6.07, 6.45) is 1.95. The first kappa shape index (κ1) is 10.0. The zero-order valence-electron chi connectivity index (χ0n) is 5.87. The van der Waals surface area contributed by atoms with Crippen LogP contribution in [0.15, 0.2) is 36.5 Å². The van der Waals surface area contributed by atoms with Crippen LogP contribution in [0.25, 0.3) is 10.9 Å². The van der Waals surface area contributed by atoms with Gasteiger partial charge in [-0.3, -0.25) is 0 Å². The van der Waals surface area contributed by atoms with Crippen molar-refractivity contribution in [3.05, 3.63) is 36.5 Å². The molecular formula is C8H10ClNO. The number of aromatic amines is 1. The number of hydrogen-bond donors (Lipinski definition) is 1. The molecule has 2 rings (SSSR count). The van der Waals surface area contributed by atoms with Gasteiger partial charge in [-0.25, -0.2) is 0 Å². The number of rotatable bonds is 0. The second-order valence-electron chi connectivity index (χ2n) is 2.06. The van der Waals surface area contributed by atoms with E-state index in [4.69, 9.17) is 0 Å². The molecule has 1 aromatic carbocycles. The Morgan fingerprint density at radius 2 is 1.73 bits per heavy atom. The summed E-state index contributed by atoms with van der Waals surface area (Å²) < 4.78 is 0. The molecule has 0 aliphatic rings. The first-order valence-corrected chi connectivity index (χ1v) is 2.99. The minimum Gasteiger partial charge on any atom is -0.412 e. The fraction of sp³-hybridized carbons (Fsp3) is 0. The molecule has 0 aliphatic heterocycles. The third-order valence-electron chi connectivity index (χ3n) is 1.46. The molecule has 0 unspecified atom stereocenters. The second kappa shape index (κ2) is 4.01. The molecule has 0 aliphatic carbocycles. The predicted molar refractivity (Wildman–Crippen MR) is 49.2 cm³/mol. The molecule has 0 radical (unpaired) electrons. The fourth-order valence-electron chi connectivity index (χ4n) is 0.995. The number of aromatic nitrogens is 1. The lowest BCUT2D eigenvalue weighted by molar-refractivity contribution is 0.824. The lowest BCUT2D eigenvalue weighted by atomic mass is 10.3. The van der Waals surface area contributed by atoms with Gasteiger partial charge in [-0.2, -0.15) is 0 Å². The Kier molecular flexibility index (Phi) is 3.65. The molecule has 3 N–H and O–H groups in total. The van der Waals surface area contributed by atoms with Gasteiger partial charge in [0.15, 0.2) is 0 Å². The molecule has 2 nitrogen and oxygen atoms in total. The highest BCUT2D eigenvalue weighted by atomic mass is 35.5. The summed E-state index contributed by atoms with van der Waals surface area (Å²) in [5.41, 5.74) is 1.21. The van der Waals surface area contributed by atoms with Crippen molar-refractivity contribution in [2.24, 2.45) is 0 Å². The Balaban J connectivity index is 0.000000500. The molecule has 1 heterocycles. The Morgan fingerprint density at radius 3 is 2.45 bits per heavy atom. The van der Waals surface area contributed by atoms with Gasteiger partial charge < -0.3 is 10.5 Å². The third-order valence-corrected chi connectivity index (χ3v) is 1.46. The molecule has 0 saturated heterocycles. The Bertz CT molecular complexity index is 288. The lowest BCUT2D eigenvalue weighted by Gasteiger charge is -1.83. The number of H-pyrrole nitrogens is 1. The third kappa shape index (κ3) is 1.73. The first-order chi connectivity index (χ1) is 4.47. The number of halogens is 1. The molecule has 0 saturated carbocycles. The summed E-state index contributed by atoms with van der Waals surface area (Å²) >= 11 is 0. The molecule has 2 aromatic rings. The summed E-state index contributed by atoms with van der Waals surface area (Å²) in [5.74, 6) is 0. The number of hydrogen-bond acceptors (Lipinski definition) is 0. The van der Waals surface area contributed by atoms with E-state index in [-0.39, 0.29) is 17.9 Å². The molecule has 3 heteroatoms. The van der Waals surface area contributed by atoms with Crippen LogP contribution < -0.4 is 0 Å². The molecule has 11 heavy (non-hydrogen) atoms. The molecule has 0 fully saturated rings. The average Bonchev–Trinajstić information content (AvgIpc) is 2.33. The number of nitrogens with one attached hydrogen (secondary N) is 1. The van der Waals surface area contributed by atoms with E-state index in [1.54, 1.807) is 0 Å². The van der Waals surface area contributed by atoms with Gasteiger partial charge in [-0.05, 0) is 17.5 Å². The second-order valence-corrected chi connectivity index (χ2v) is 2.06. The summed E-state index contributed by atoms with van der Waals surface area (Å²) in [4.78, 5) is 3.12. The molecule has 1 aromatic heterocycles. The molecule has 0 amide bonds. The van der Waals surface area contributed by atoms with Crippen molar-refractivity contribution in [1.82, 2.24) is 4.98 Å². The minimum absolute atomic E-state index is 0. The Morgan fingerprint density at radius 1 is 1.00 bits per heavy atom. The molecular weight excluding hydrogens is 162 g/mol. The van der Waals surface area contributed by atoms with E-state index in [0.717, 1.165) is 0 Å². The largest absolute Gasteiger partial charge is 0.412 e. The quantitative estimate of drug-likeness (QED) is 0.628. The van der Waals surface area contributed by atoms with Crippen molar-refractivity contribution in [2.45, 2.75) is 0 Å². The van der Waals surface area contributed by atoms with Crippen LogP contribution in [-0.2, 0) is 0 Å². The average molecular weight is 172 g/mol. The van der Waals surface area contributed by atoms with Crippen molar-refractivity contribution in [2.75, 3.05) is 0 Å². The predicted octanol–water partition coefficient (Wildman–Crippen LogP) is 1.76. The smallest absolute Gasteiger partial charge is 0.0453 e. The van der Waals surface area contributed by atoms with Crippen LogP contribution in [0.2, 0.25) is 0 Å². The topological polar surface area (TPSA) is 47.3 Å². The van der Waals surface area contributed by atoms with E-state index in [9.17, 15) is 0 Å². The number of benzene rings is 1. The van der Waals surface area contributed by atoms with Gasteiger partial charge in [0.2, 0.25) is 0 Å². The maximum atomic E-state index is 3.12. The molecule has 0 bridgehead atoms. The van der Waals surface area contributed by atoms with Crippen LogP contribution in [0.3, 0.4) is 0 Å². The summed E-state index contributed by atoms with van der Waals surface area (Å²) in [6.45, 7) is 0. The maximum Gasteiger partial charge on any atom is 0.0453 e. The first-order valence-electron chi connectivity index (χ1n) is 2.99. The number of para-hydroxylation sites is 1. The highest BCUT2D eigenvalue weighted by Crippen LogP contribution is 2.09. The van der Waals surface area contributed by atoms with Gasteiger partial charge in [0.25, 0.3) is 0 Å². The van der Waals surface area contributed by atoms with E-state index in [1.165, 1.54) is 10.9 Å². The van der Waals surface area contributed by atoms with Crippen LogP contribution in [0.5, 0.6) is 0 Å². The van der Waals surface area contributed by atoms with E-state index < -0.39 is 0 Å². The van der Waals surface area contributed by atoms with Crippen LogP contribution >= 0.6 is 12.4 Å². The highest BCUT2D eigenvalue weighted by Gasteiger charge is 1.86. The van der Waals surface area contributed by atoms with Gasteiger partial charge in [0, 0.05) is 11.7 Å². The summed E-state index contributed by atoms with van der Waals surface area (Å²) in [6, 6.07) is 10.3. The van der Waals surface area contributed by atoms with E-state index in [2.05, 4.69) is 23.2 Å². The van der Waals surface area contributed by atoms with Crippen LogP contribution in [0.4, 0.5) is 0 Å². The Labute approximate surface area is 71.0 Å². The van der Waals surface area contributed by atoms with Crippen LogP contribution in [-0.4, -0.2) is 10.5 Å². The van der Waals surface area contributed by atoms with E-state index in [1.807, 2.05) is 18.3 Å². The fourth-order valence-corrected chi connectivity index (χ4v) is 0.995.